The van der Waals surface area contributed by atoms with E-state index in [9.17, 15) is 9.59 Å². The van der Waals surface area contributed by atoms with Crippen molar-refractivity contribution in [1.82, 2.24) is 5.32 Å². The Hall–Kier alpha value is -0.870. The molecule has 0 aromatic carbocycles. The number of hydrogen-bond acceptors (Lipinski definition) is 3. The molecule has 1 aromatic rings. The molecular weight excluding hydrogens is 258 g/mol. The lowest BCUT2D eigenvalue weighted by Crippen LogP contribution is -2.35. The number of carbonyl (C=O) groups excluding carboxylic acids is 2. The van der Waals surface area contributed by atoms with E-state index < -0.39 is 5.41 Å². The van der Waals surface area contributed by atoms with Gasteiger partial charge >= 0.3 is 0 Å². The number of Topliss-reactive ketones (excluding diaryl/α,β-unsaturated/α-hetero) is 1. The van der Waals surface area contributed by atoms with Crippen LogP contribution >= 0.6 is 22.9 Å². The van der Waals surface area contributed by atoms with Crippen molar-refractivity contribution in [3.63, 3.8) is 0 Å². The van der Waals surface area contributed by atoms with Crippen LogP contribution in [0.2, 0.25) is 5.02 Å². The Morgan fingerprint density at radius 3 is 2.41 bits per heavy atom. The minimum absolute atomic E-state index is 0.00440. The quantitative estimate of drug-likeness (QED) is 0.920. The number of halogens is 1. The predicted octanol–water partition coefficient (Wildman–Crippen LogP) is 3.05. The van der Waals surface area contributed by atoms with Crippen molar-refractivity contribution in [1.29, 1.82) is 0 Å². The molecule has 1 heterocycles. The van der Waals surface area contributed by atoms with Crippen LogP contribution in [0.3, 0.4) is 0 Å². The van der Waals surface area contributed by atoms with Gasteiger partial charge in [-0.1, -0.05) is 32.4 Å². The minimum Gasteiger partial charge on any atom is -0.344 e. The van der Waals surface area contributed by atoms with Crippen LogP contribution in [-0.2, 0) is 4.79 Å². The van der Waals surface area contributed by atoms with Crippen molar-refractivity contribution in [2.75, 3.05) is 6.54 Å². The molecule has 0 atom stereocenters. The lowest BCUT2D eigenvalue weighted by Gasteiger charge is -2.16. The first-order chi connectivity index (χ1) is 7.73. The van der Waals surface area contributed by atoms with Gasteiger partial charge < -0.3 is 5.32 Å². The molecule has 1 aromatic heterocycles. The third kappa shape index (κ3) is 3.54. The van der Waals surface area contributed by atoms with Crippen molar-refractivity contribution in [2.45, 2.75) is 27.7 Å². The van der Waals surface area contributed by atoms with Crippen LogP contribution < -0.4 is 5.32 Å². The lowest BCUT2D eigenvalue weighted by atomic mass is 9.91. The Morgan fingerprint density at radius 1 is 1.41 bits per heavy atom. The minimum atomic E-state index is -0.442. The summed E-state index contributed by atoms with van der Waals surface area (Å²) >= 11 is 7.26. The van der Waals surface area contributed by atoms with Crippen molar-refractivity contribution in [3.8, 4) is 0 Å². The molecule has 0 saturated carbocycles. The van der Waals surface area contributed by atoms with E-state index in [0.717, 1.165) is 5.56 Å². The number of hydrogen-bond donors (Lipinski definition) is 1. The van der Waals surface area contributed by atoms with Gasteiger partial charge in [-0.15, -0.1) is 11.3 Å². The third-order valence-electron chi connectivity index (χ3n) is 2.35. The molecule has 0 spiro atoms. The summed E-state index contributed by atoms with van der Waals surface area (Å²) in [7, 11) is 0. The Kier molecular flexibility index (Phi) is 4.33. The first kappa shape index (κ1) is 14.2. The van der Waals surface area contributed by atoms with Crippen molar-refractivity contribution in [3.05, 3.63) is 20.8 Å². The van der Waals surface area contributed by atoms with Crippen molar-refractivity contribution >= 4 is 34.6 Å². The molecule has 1 rings (SSSR count). The van der Waals surface area contributed by atoms with Gasteiger partial charge in [0, 0.05) is 5.41 Å². The Balaban J connectivity index is 2.63. The van der Waals surface area contributed by atoms with E-state index in [1.54, 1.807) is 0 Å². The fourth-order valence-corrected chi connectivity index (χ4v) is 2.28. The summed E-state index contributed by atoms with van der Waals surface area (Å²) in [5, 5.41) is 4.89. The van der Waals surface area contributed by atoms with Crippen LogP contribution in [0, 0.1) is 12.3 Å². The second kappa shape index (κ2) is 5.19. The topological polar surface area (TPSA) is 46.2 Å². The number of rotatable bonds is 3. The number of aryl methyl sites for hydroxylation is 1. The molecule has 0 saturated heterocycles. The number of carbonyl (C=O) groups is 2. The fourth-order valence-electron chi connectivity index (χ4n) is 1.09. The molecule has 0 radical (unpaired) electrons. The van der Waals surface area contributed by atoms with E-state index in [-0.39, 0.29) is 18.2 Å². The zero-order valence-corrected chi connectivity index (χ0v) is 12.0. The largest absolute Gasteiger partial charge is 0.344 e. The molecule has 0 bridgehead atoms. The normalized spacial score (nSPS) is 11.4. The molecule has 1 N–H and O–H groups in total. The van der Waals surface area contributed by atoms with E-state index in [2.05, 4.69) is 5.32 Å². The molecule has 0 aliphatic heterocycles. The number of ketones is 1. The van der Waals surface area contributed by atoms with Gasteiger partial charge in [0.2, 0.25) is 0 Å². The third-order valence-corrected chi connectivity index (χ3v) is 4.05. The molecule has 0 unspecified atom stereocenters. The summed E-state index contributed by atoms with van der Waals surface area (Å²) in [6.07, 6.45) is 0. The van der Waals surface area contributed by atoms with Crippen LogP contribution in [0.1, 0.15) is 36.0 Å². The predicted molar refractivity (Wildman–Crippen MR) is 70.9 cm³/mol. The van der Waals surface area contributed by atoms with E-state index in [0.29, 0.717) is 9.90 Å². The molecule has 3 nitrogen and oxygen atoms in total. The standard InChI is InChI=1S/C12H16ClNO2S/c1-7-6-17-10(9(7)13)11(16)14-5-8(15)12(2,3)4/h6H,5H2,1-4H3,(H,14,16). The van der Waals surface area contributed by atoms with E-state index in [1.807, 2.05) is 33.1 Å². The SMILES string of the molecule is Cc1csc(C(=O)NCC(=O)C(C)(C)C)c1Cl. The Labute approximate surface area is 110 Å². The van der Waals surface area contributed by atoms with Crippen molar-refractivity contribution < 1.29 is 9.59 Å². The molecule has 0 aliphatic rings. The van der Waals surface area contributed by atoms with Crippen LogP contribution in [0.4, 0.5) is 0 Å². The molecule has 17 heavy (non-hydrogen) atoms. The molecule has 0 aliphatic carbocycles. The second-order valence-electron chi connectivity index (χ2n) is 4.92. The van der Waals surface area contributed by atoms with Gasteiger partial charge in [0.15, 0.2) is 5.78 Å². The summed E-state index contributed by atoms with van der Waals surface area (Å²) in [5.74, 6) is -0.291. The summed E-state index contributed by atoms with van der Waals surface area (Å²) < 4.78 is 0. The molecule has 5 heteroatoms. The zero-order valence-electron chi connectivity index (χ0n) is 10.4. The van der Waals surface area contributed by atoms with Crippen LogP contribution in [-0.4, -0.2) is 18.2 Å². The Bertz CT molecular complexity index is 446. The second-order valence-corrected chi connectivity index (χ2v) is 6.18. The van der Waals surface area contributed by atoms with E-state index >= 15 is 0 Å². The smallest absolute Gasteiger partial charge is 0.263 e. The van der Waals surface area contributed by atoms with E-state index in [1.165, 1.54) is 11.3 Å². The summed E-state index contributed by atoms with van der Waals surface area (Å²) in [4.78, 5) is 23.9. The fraction of sp³-hybridized carbons (Fsp3) is 0.500. The first-order valence-electron chi connectivity index (χ1n) is 5.28. The van der Waals surface area contributed by atoms with Gasteiger partial charge in [0.25, 0.3) is 5.91 Å². The molecule has 0 fully saturated rings. The summed E-state index contributed by atoms with van der Waals surface area (Å²) in [6.45, 7) is 7.35. The van der Waals surface area contributed by atoms with Crippen LogP contribution in [0.25, 0.3) is 0 Å². The van der Waals surface area contributed by atoms with Crippen molar-refractivity contribution in [2.24, 2.45) is 5.41 Å². The number of nitrogens with one attached hydrogen (secondary N) is 1. The van der Waals surface area contributed by atoms with Gasteiger partial charge in [0.1, 0.15) is 4.88 Å². The number of thiophene rings is 1. The Morgan fingerprint density at radius 2 is 2.00 bits per heavy atom. The molecule has 1 amide bonds. The highest BCUT2D eigenvalue weighted by Gasteiger charge is 2.22. The van der Waals surface area contributed by atoms with Gasteiger partial charge in [0.05, 0.1) is 11.6 Å². The monoisotopic (exact) mass is 273 g/mol. The van der Waals surface area contributed by atoms with Gasteiger partial charge in [-0.2, -0.15) is 0 Å². The lowest BCUT2D eigenvalue weighted by molar-refractivity contribution is -0.125. The maximum atomic E-state index is 11.8. The highest BCUT2D eigenvalue weighted by atomic mass is 35.5. The van der Waals surface area contributed by atoms with Crippen LogP contribution in [0.5, 0.6) is 0 Å². The highest BCUT2D eigenvalue weighted by Crippen LogP contribution is 2.26. The maximum absolute atomic E-state index is 11.8. The zero-order chi connectivity index (χ0) is 13.2. The van der Waals surface area contributed by atoms with Gasteiger partial charge in [-0.05, 0) is 17.9 Å². The molecular formula is C12H16ClNO2S. The highest BCUT2D eigenvalue weighted by molar-refractivity contribution is 7.13. The van der Waals surface area contributed by atoms with Gasteiger partial charge in [-0.25, -0.2) is 0 Å². The number of amides is 1. The summed E-state index contributed by atoms with van der Waals surface area (Å²) in [5.41, 5.74) is 0.437. The maximum Gasteiger partial charge on any atom is 0.263 e. The average molecular weight is 274 g/mol. The van der Waals surface area contributed by atoms with Gasteiger partial charge in [-0.3, -0.25) is 9.59 Å². The average Bonchev–Trinajstić information content (AvgIpc) is 2.54. The van der Waals surface area contributed by atoms with Crippen LogP contribution in [0.15, 0.2) is 5.38 Å². The first-order valence-corrected chi connectivity index (χ1v) is 6.54. The molecule has 94 valence electrons. The van der Waals surface area contributed by atoms with E-state index in [4.69, 9.17) is 11.6 Å². The summed E-state index contributed by atoms with van der Waals surface area (Å²) in [6, 6.07) is 0.